The molecule has 2 rings (SSSR count). The van der Waals surface area contributed by atoms with Gasteiger partial charge in [-0.1, -0.05) is 6.07 Å². The highest BCUT2D eigenvalue weighted by atomic mass is 35.5. The van der Waals surface area contributed by atoms with E-state index < -0.39 is 0 Å². The Morgan fingerprint density at radius 1 is 1.46 bits per heavy atom. The molecule has 0 aromatic carbocycles. The number of nitrogens with zero attached hydrogens (tertiary/aromatic N) is 2. The van der Waals surface area contributed by atoms with E-state index in [4.69, 9.17) is 0 Å². The molecule has 0 aliphatic rings. The molecule has 0 radical (unpaired) electrons. The molecule has 1 N–H and O–H groups in total. The molecule has 0 saturated heterocycles. The minimum absolute atomic E-state index is 0. The Morgan fingerprint density at radius 3 is 3.08 bits per heavy atom. The van der Waals surface area contributed by atoms with Gasteiger partial charge in [0.25, 0.3) is 0 Å². The number of hydrogen-bond donors (Lipinski definition) is 1. The fourth-order valence-electron chi connectivity index (χ4n) is 1.30. The molecule has 0 aliphatic heterocycles. The van der Waals surface area contributed by atoms with E-state index >= 15 is 0 Å². The fraction of sp³-hybridized carbons (Fsp3) is 0.222. The van der Waals surface area contributed by atoms with Crippen LogP contribution in [0, 0.1) is 0 Å². The molecule has 70 valence electrons. The van der Waals surface area contributed by atoms with Crippen molar-refractivity contribution in [2.24, 2.45) is 0 Å². The Kier molecular flexibility index (Phi) is 3.28. The third-order valence-corrected chi connectivity index (χ3v) is 1.85. The molecule has 0 saturated carbocycles. The molecule has 0 spiro atoms. The van der Waals surface area contributed by atoms with Crippen LogP contribution < -0.4 is 5.32 Å². The zero-order valence-corrected chi connectivity index (χ0v) is 8.21. The second kappa shape index (κ2) is 4.25. The van der Waals surface area contributed by atoms with E-state index in [1.807, 2.05) is 37.6 Å². The number of imidazole rings is 1. The predicted molar refractivity (Wildman–Crippen MR) is 55.2 cm³/mol. The van der Waals surface area contributed by atoms with Crippen LogP contribution in [0.2, 0.25) is 0 Å². The summed E-state index contributed by atoms with van der Waals surface area (Å²) in [5.74, 6) is 0. The number of rotatable bonds is 2. The molecule has 0 bridgehead atoms. The monoisotopic (exact) mass is 197 g/mol. The van der Waals surface area contributed by atoms with Crippen molar-refractivity contribution in [1.29, 1.82) is 0 Å². The second-order valence-corrected chi connectivity index (χ2v) is 2.71. The molecular formula is C9H12ClN3. The van der Waals surface area contributed by atoms with E-state index in [1.165, 1.54) is 5.69 Å². The van der Waals surface area contributed by atoms with Crippen molar-refractivity contribution < 1.29 is 0 Å². The zero-order chi connectivity index (χ0) is 8.39. The molecule has 0 atom stereocenters. The summed E-state index contributed by atoms with van der Waals surface area (Å²) in [6.07, 6.45) is 3.92. The van der Waals surface area contributed by atoms with Crippen LogP contribution in [0.1, 0.15) is 5.69 Å². The number of halogens is 1. The van der Waals surface area contributed by atoms with Crippen molar-refractivity contribution in [3.8, 4) is 0 Å². The minimum atomic E-state index is 0. The van der Waals surface area contributed by atoms with Gasteiger partial charge in [-0.15, -0.1) is 12.4 Å². The molecule has 2 aromatic heterocycles. The van der Waals surface area contributed by atoms with E-state index in [-0.39, 0.29) is 12.4 Å². The smallest absolute Gasteiger partial charge is 0.136 e. The summed E-state index contributed by atoms with van der Waals surface area (Å²) in [7, 11) is 1.93. The summed E-state index contributed by atoms with van der Waals surface area (Å²) < 4.78 is 2.08. The maximum Gasteiger partial charge on any atom is 0.136 e. The summed E-state index contributed by atoms with van der Waals surface area (Å²) in [6.45, 7) is 0.852. The summed E-state index contributed by atoms with van der Waals surface area (Å²) in [4.78, 5) is 4.26. The first-order valence-corrected chi connectivity index (χ1v) is 3.97. The van der Waals surface area contributed by atoms with Gasteiger partial charge in [-0.05, 0) is 19.2 Å². The summed E-state index contributed by atoms with van der Waals surface area (Å²) in [5, 5.41) is 3.10. The van der Waals surface area contributed by atoms with Crippen LogP contribution in [-0.2, 0) is 6.54 Å². The van der Waals surface area contributed by atoms with Crippen LogP contribution in [0.25, 0.3) is 5.65 Å². The van der Waals surface area contributed by atoms with Gasteiger partial charge in [-0.3, -0.25) is 0 Å². The number of hydrogen-bond acceptors (Lipinski definition) is 2. The van der Waals surface area contributed by atoms with Crippen LogP contribution in [0.15, 0.2) is 30.6 Å². The second-order valence-electron chi connectivity index (χ2n) is 2.71. The average Bonchev–Trinajstić information content (AvgIpc) is 2.50. The predicted octanol–water partition coefficient (Wildman–Crippen LogP) is 1.48. The van der Waals surface area contributed by atoms with Gasteiger partial charge in [0.2, 0.25) is 0 Å². The van der Waals surface area contributed by atoms with Crippen molar-refractivity contribution >= 4 is 18.1 Å². The van der Waals surface area contributed by atoms with Gasteiger partial charge >= 0.3 is 0 Å². The molecule has 0 fully saturated rings. The van der Waals surface area contributed by atoms with Crippen LogP contribution in [0.5, 0.6) is 0 Å². The summed E-state index contributed by atoms with van der Waals surface area (Å²) >= 11 is 0. The Balaban J connectivity index is 0.000000845. The first kappa shape index (κ1) is 10.0. The van der Waals surface area contributed by atoms with Gasteiger partial charge in [-0.25, -0.2) is 4.98 Å². The van der Waals surface area contributed by atoms with Crippen LogP contribution in [0.4, 0.5) is 0 Å². The largest absolute Gasteiger partial charge is 0.314 e. The van der Waals surface area contributed by atoms with Gasteiger partial charge in [0.1, 0.15) is 5.65 Å². The van der Waals surface area contributed by atoms with Crippen LogP contribution >= 0.6 is 12.4 Å². The van der Waals surface area contributed by atoms with E-state index in [0.717, 1.165) is 12.2 Å². The Hall–Kier alpha value is -1.06. The molecule has 13 heavy (non-hydrogen) atoms. The number of nitrogens with one attached hydrogen (secondary N) is 1. The molecule has 4 heteroatoms. The van der Waals surface area contributed by atoms with E-state index in [2.05, 4.69) is 14.7 Å². The van der Waals surface area contributed by atoms with Gasteiger partial charge < -0.3 is 9.72 Å². The number of pyridine rings is 1. The highest BCUT2D eigenvalue weighted by Crippen LogP contribution is 2.04. The first-order chi connectivity index (χ1) is 5.92. The van der Waals surface area contributed by atoms with Crippen LogP contribution in [0.3, 0.4) is 0 Å². The molecule has 3 nitrogen and oxygen atoms in total. The topological polar surface area (TPSA) is 29.3 Å². The van der Waals surface area contributed by atoms with Crippen molar-refractivity contribution in [1.82, 2.24) is 14.7 Å². The lowest BCUT2D eigenvalue weighted by Gasteiger charge is -1.98. The van der Waals surface area contributed by atoms with Gasteiger partial charge in [-0.2, -0.15) is 0 Å². The standard InChI is InChI=1S/C9H11N3.ClH/c1-10-6-8-7-11-9-4-2-3-5-12(8)9;/h2-5,7,10H,6H2,1H3;1H. The highest BCUT2D eigenvalue weighted by molar-refractivity contribution is 5.85. The molecule has 2 heterocycles. The quantitative estimate of drug-likeness (QED) is 0.790. The molecule has 0 unspecified atom stereocenters. The molecule has 2 aromatic rings. The van der Waals surface area contributed by atoms with Gasteiger partial charge in [0, 0.05) is 12.7 Å². The van der Waals surface area contributed by atoms with Crippen molar-refractivity contribution in [3.05, 3.63) is 36.3 Å². The van der Waals surface area contributed by atoms with Crippen LogP contribution in [-0.4, -0.2) is 16.4 Å². The summed E-state index contributed by atoms with van der Waals surface area (Å²) in [5.41, 5.74) is 2.19. The lowest BCUT2D eigenvalue weighted by atomic mass is 10.4. The van der Waals surface area contributed by atoms with Crippen molar-refractivity contribution in [2.45, 2.75) is 6.54 Å². The lowest BCUT2D eigenvalue weighted by Crippen LogP contribution is -2.07. The van der Waals surface area contributed by atoms with Gasteiger partial charge in [0.15, 0.2) is 0 Å². The normalized spacial score (nSPS) is 9.92. The maximum atomic E-state index is 4.26. The molecular weight excluding hydrogens is 186 g/mol. The summed E-state index contributed by atoms with van der Waals surface area (Å²) in [6, 6.07) is 6.00. The van der Waals surface area contributed by atoms with Crippen molar-refractivity contribution in [2.75, 3.05) is 7.05 Å². The highest BCUT2D eigenvalue weighted by Gasteiger charge is 1.98. The maximum absolute atomic E-state index is 4.26. The minimum Gasteiger partial charge on any atom is -0.314 e. The zero-order valence-electron chi connectivity index (χ0n) is 7.40. The third-order valence-electron chi connectivity index (χ3n) is 1.85. The number of aromatic nitrogens is 2. The first-order valence-electron chi connectivity index (χ1n) is 3.97. The number of fused-ring (bicyclic) bond motifs is 1. The molecule has 0 amide bonds. The lowest BCUT2D eigenvalue weighted by molar-refractivity contribution is 0.782. The fourth-order valence-corrected chi connectivity index (χ4v) is 1.30. The Bertz CT molecular complexity index is 383. The molecule has 0 aliphatic carbocycles. The third kappa shape index (κ3) is 1.82. The average molecular weight is 198 g/mol. The Morgan fingerprint density at radius 2 is 2.31 bits per heavy atom. The SMILES string of the molecule is CNCc1cnc2ccccn12.Cl. The Labute approximate surface area is 83.2 Å². The van der Waals surface area contributed by atoms with Gasteiger partial charge in [0.05, 0.1) is 11.9 Å². The van der Waals surface area contributed by atoms with E-state index in [9.17, 15) is 0 Å². The van der Waals surface area contributed by atoms with E-state index in [0.29, 0.717) is 0 Å². The van der Waals surface area contributed by atoms with E-state index in [1.54, 1.807) is 0 Å². The van der Waals surface area contributed by atoms with Crippen molar-refractivity contribution in [3.63, 3.8) is 0 Å².